The van der Waals surface area contributed by atoms with E-state index in [1.54, 1.807) is 11.8 Å². The van der Waals surface area contributed by atoms with Gasteiger partial charge in [-0.05, 0) is 12.0 Å². The second-order valence-corrected chi connectivity index (χ2v) is 4.40. The molecule has 0 radical (unpaired) electrons. The molecule has 0 spiro atoms. The first kappa shape index (κ1) is 16.8. The Morgan fingerprint density at radius 1 is 1.33 bits per heavy atom. The molecule has 0 aliphatic rings. The average molecular weight is 295 g/mol. The molecule has 1 aromatic rings. The number of rotatable bonds is 6. The van der Waals surface area contributed by atoms with E-state index < -0.39 is 12.0 Å². The van der Waals surface area contributed by atoms with Crippen molar-refractivity contribution >= 4 is 5.78 Å². The van der Waals surface area contributed by atoms with Crippen molar-refractivity contribution in [1.29, 1.82) is 0 Å². The zero-order valence-electron chi connectivity index (χ0n) is 11.7. The van der Waals surface area contributed by atoms with Gasteiger partial charge in [0.1, 0.15) is 0 Å². The van der Waals surface area contributed by atoms with Crippen molar-refractivity contribution in [2.45, 2.75) is 26.1 Å². The van der Waals surface area contributed by atoms with Gasteiger partial charge in [0.2, 0.25) is 0 Å². The molecule has 112 valence electrons. The van der Waals surface area contributed by atoms with Crippen LogP contribution < -0.4 is 0 Å². The first-order valence-electron chi connectivity index (χ1n) is 6.42. The Bertz CT molecular complexity index is 541. The number of hydrogen-bond donors (Lipinski definition) is 0. The quantitative estimate of drug-likeness (QED) is 0.591. The summed E-state index contributed by atoms with van der Waals surface area (Å²) < 4.78 is 37.1. The molecule has 0 fully saturated rings. The molecular weight excluding hydrogens is 279 g/mol. The van der Waals surface area contributed by atoms with E-state index in [1.807, 2.05) is 30.3 Å². The van der Waals surface area contributed by atoms with Crippen LogP contribution in [0.5, 0.6) is 0 Å². The molecule has 2 nitrogen and oxygen atoms in total. The maximum Gasteiger partial charge on any atom is 0.454 e. The number of carbonyl (C=O) groups is 1. The first-order chi connectivity index (χ1) is 9.88. The second-order valence-electron chi connectivity index (χ2n) is 4.40. The second kappa shape index (κ2) is 7.53. The van der Waals surface area contributed by atoms with E-state index in [2.05, 4.69) is 5.92 Å². The Labute approximate surface area is 122 Å². The maximum absolute atomic E-state index is 12.4. The van der Waals surface area contributed by atoms with Crippen LogP contribution in [0.1, 0.15) is 18.9 Å². The van der Waals surface area contributed by atoms with Crippen LogP contribution in [0.3, 0.4) is 0 Å². The molecular formula is C16H16F3NO. The summed E-state index contributed by atoms with van der Waals surface area (Å²) in [6.45, 7) is 2.18. The molecule has 0 aromatic heterocycles. The number of terminal acetylenes is 1. The van der Waals surface area contributed by atoms with E-state index in [0.717, 1.165) is 5.56 Å². The number of alkyl halides is 3. The van der Waals surface area contributed by atoms with Crippen molar-refractivity contribution in [3.63, 3.8) is 0 Å². The standard InChI is InChI=1S/C16H16F3NO/c1-3-10-20(12-13-8-6-5-7-9-13)14(4-2)11-15(21)16(17,18)19/h1,5-9,11H,4,10,12H2,2H3/b14-11+. The summed E-state index contributed by atoms with van der Waals surface area (Å²) in [5.41, 5.74) is 1.19. The zero-order valence-corrected chi connectivity index (χ0v) is 11.7. The monoisotopic (exact) mass is 295 g/mol. The smallest absolute Gasteiger partial charge is 0.359 e. The topological polar surface area (TPSA) is 20.3 Å². The molecule has 0 aliphatic carbocycles. The minimum absolute atomic E-state index is 0.139. The fraction of sp³-hybridized carbons (Fsp3) is 0.312. The fourth-order valence-electron chi connectivity index (χ4n) is 1.82. The summed E-state index contributed by atoms with van der Waals surface area (Å²) in [4.78, 5) is 12.7. The third-order valence-corrected chi connectivity index (χ3v) is 2.84. The van der Waals surface area contributed by atoms with E-state index in [4.69, 9.17) is 6.42 Å². The van der Waals surface area contributed by atoms with Gasteiger partial charge in [0, 0.05) is 18.3 Å². The lowest BCUT2D eigenvalue weighted by atomic mass is 10.1. The van der Waals surface area contributed by atoms with Gasteiger partial charge in [0.15, 0.2) is 0 Å². The van der Waals surface area contributed by atoms with E-state index in [9.17, 15) is 18.0 Å². The predicted molar refractivity (Wildman–Crippen MR) is 75.1 cm³/mol. The van der Waals surface area contributed by atoms with Crippen molar-refractivity contribution in [1.82, 2.24) is 4.90 Å². The van der Waals surface area contributed by atoms with E-state index in [0.29, 0.717) is 12.6 Å². The van der Waals surface area contributed by atoms with Gasteiger partial charge < -0.3 is 4.90 Å². The molecule has 21 heavy (non-hydrogen) atoms. The third kappa shape index (κ3) is 5.35. The van der Waals surface area contributed by atoms with Crippen molar-refractivity contribution in [3.05, 3.63) is 47.7 Å². The molecule has 0 aliphatic heterocycles. The van der Waals surface area contributed by atoms with Crippen molar-refractivity contribution in [3.8, 4) is 12.3 Å². The highest BCUT2D eigenvalue weighted by molar-refractivity contribution is 5.94. The molecule has 0 amide bonds. The largest absolute Gasteiger partial charge is 0.454 e. The molecule has 0 saturated heterocycles. The predicted octanol–water partition coefficient (Wildman–Crippen LogP) is 3.55. The molecule has 1 aromatic carbocycles. The number of halogens is 3. The Morgan fingerprint density at radius 3 is 2.43 bits per heavy atom. The van der Waals surface area contributed by atoms with E-state index in [-0.39, 0.29) is 18.7 Å². The number of carbonyl (C=O) groups excluding carboxylic acids is 1. The summed E-state index contributed by atoms with van der Waals surface area (Å²) >= 11 is 0. The Morgan fingerprint density at radius 2 is 1.95 bits per heavy atom. The van der Waals surface area contributed by atoms with Crippen molar-refractivity contribution in [2.24, 2.45) is 0 Å². The minimum Gasteiger partial charge on any atom is -0.359 e. The lowest BCUT2D eigenvalue weighted by molar-refractivity contribution is -0.165. The highest BCUT2D eigenvalue weighted by Gasteiger charge is 2.37. The number of benzene rings is 1. The van der Waals surface area contributed by atoms with Crippen molar-refractivity contribution < 1.29 is 18.0 Å². The molecule has 0 N–H and O–H groups in total. The van der Waals surface area contributed by atoms with E-state index in [1.165, 1.54) is 0 Å². The van der Waals surface area contributed by atoms with Crippen LogP contribution in [0.25, 0.3) is 0 Å². The minimum atomic E-state index is -4.87. The van der Waals surface area contributed by atoms with Crippen LogP contribution in [0.4, 0.5) is 13.2 Å². The SMILES string of the molecule is C#CCN(Cc1ccccc1)/C(=C/C(=O)C(F)(F)F)CC. The van der Waals surface area contributed by atoms with Gasteiger partial charge in [-0.25, -0.2) is 0 Å². The van der Waals surface area contributed by atoms with Crippen LogP contribution in [0.2, 0.25) is 0 Å². The molecule has 0 unspecified atom stereocenters. The fourth-order valence-corrected chi connectivity index (χ4v) is 1.82. The van der Waals surface area contributed by atoms with Gasteiger partial charge >= 0.3 is 6.18 Å². The molecule has 0 heterocycles. The number of nitrogens with zero attached hydrogens (tertiary/aromatic N) is 1. The van der Waals surface area contributed by atoms with Gasteiger partial charge in [-0.15, -0.1) is 6.42 Å². The highest BCUT2D eigenvalue weighted by Crippen LogP contribution is 2.20. The lowest BCUT2D eigenvalue weighted by Gasteiger charge is -2.25. The highest BCUT2D eigenvalue weighted by atomic mass is 19.4. The molecule has 0 saturated carbocycles. The lowest BCUT2D eigenvalue weighted by Crippen LogP contribution is -2.26. The van der Waals surface area contributed by atoms with Gasteiger partial charge in [-0.1, -0.05) is 43.2 Å². The molecule has 0 atom stereocenters. The van der Waals surface area contributed by atoms with Gasteiger partial charge in [-0.2, -0.15) is 13.2 Å². The average Bonchev–Trinajstić information content (AvgIpc) is 2.44. The number of allylic oxidation sites excluding steroid dienone is 2. The van der Waals surface area contributed by atoms with Crippen LogP contribution in [-0.4, -0.2) is 23.4 Å². The Balaban J connectivity index is 2.99. The summed E-state index contributed by atoms with van der Waals surface area (Å²) in [5, 5.41) is 0. The third-order valence-electron chi connectivity index (χ3n) is 2.84. The summed E-state index contributed by atoms with van der Waals surface area (Å²) in [6.07, 6.45) is 1.31. The summed E-state index contributed by atoms with van der Waals surface area (Å²) in [5.74, 6) is 0.541. The Hall–Kier alpha value is -2.22. The van der Waals surface area contributed by atoms with Gasteiger partial charge in [0.25, 0.3) is 5.78 Å². The number of hydrogen-bond acceptors (Lipinski definition) is 2. The van der Waals surface area contributed by atoms with Crippen LogP contribution in [-0.2, 0) is 11.3 Å². The first-order valence-corrected chi connectivity index (χ1v) is 6.42. The van der Waals surface area contributed by atoms with Crippen LogP contribution >= 0.6 is 0 Å². The molecule has 5 heteroatoms. The number of ketones is 1. The molecule has 0 bridgehead atoms. The summed E-state index contributed by atoms with van der Waals surface area (Å²) in [7, 11) is 0. The van der Waals surface area contributed by atoms with Crippen LogP contribution in [0.15, 0.2) is 42.1 Å². The summed E-state index contributed by atoms with van der Waals surface area (Å²) in [6, 6.07) is 9.21. The van der Waals surface area contributed by atoms with Gasteiger partial charge in [-0.3, -0.25) is 4.79 Å². The Kier molecular flexibility index (Phi) is 6.04. The van der Waals surface area contributed by atoms with E-state index >= 15 is 0 Å². The van der Waals surface area contributed by atoms with Crippen LogP contribution in [0, 0.1) is 12.3 Å². The van der Waals surface area contributed by atoms with Gasteiger partial charge in [0.05, 0.1) is 6.54 Å². The maximum atomic E-state index is 12.4. The normalized spacial score (nSPS) is 11.9. The zero-order chi connectivity index (χ0) is 15.9. The molecule has 1 rings (SSSR count). The van der Waals surface area contributed by atoms with Crippen molar-refractivity contribution in [2.75, 3.05) is 6.54 Å².